The normalized spacial score (nSPS) is 5.00. The minimum atomic E-state index is -1.08. The summed E-state index contributed by atoms with van der Waals surface area (Å²) in [6.45, 7) is 2.56. The van der Waals surface area contributed by atoms with E-state index in [1.165, 1.54) is 0 Å². The SMILES string of the molecule is [CH2]C(=O)O.[PbH2]. The molecule has 0 aliphatic carbocycles. The van der Waals surface area contributed by atoms with Gasteiger partial charge in [0.05, 0.1) is 6.92 Å². The topological polar surface area (TPSA) is 37.3 Å². The van der Waals surface area contributed by atoms with Crippen LogP contribution >= 0.6 is 0 Å². The number of hydrogen-bond acceptors (Lipinski definition) is 1. The Bertz CT molecular complexity index is 30.6. The Kier molecular flexibility index (Phi) is 7.94. The summed E-state index contributed by atoms with van der Waals surface area (Å²) in [6.07, 6.45) is 0. The van der Waals surface area contributed by atoms with Gasteiger partial charge in [0.1, 0.15) is 0 Å². The van der Waals surface area contributed by atoms with E-state index in [4.69, 9.17) is 9.90 Å². The summed E-state index contributed by atoms with van der Waals surface area (Å²) in [5.41, 5.74) is 0. The van der Waals surface area contributed by atoms with Gasteiger partial charge in [0.25, 0.3) is 0 Å². The van der Waals surface area contributed by atoms with Crippen LogP contribution < -0.4 is 0 Å². The fourth-order valence-corrected chi connectivity index (χ4v) is 0. The van der Waals surface area contributed by atoms with Crippen LogP contribution in [0.1, 0.15) is 0 Å². The van der Waals surface area contributed by atoms with Gasteiger partial charge in [-0.05, 0) is 0 Å². The Labute approximate surface area is 50.3 Å². The first-order valence-corrected chi connectivity index (χ1v) is 0.781. The minimum absolute atomic E-state index is 0. The molecule has 3 radical (unpaired) electrons. The van der Waals surface area contributed by atoms with Crippen molar-refractivity contribution in [2.45, 2.75) is 0 Å². The molecule has 2 nitrogen and oxygen atoms in total. The van der Waals surface area contributed by atoms with E-state index in [-0.39, 0.29) is 27.3 Å². The van der Waals surface area contributed by atoms with Crippen LogP contribution in [0.25, 0.3) is 0 Å². The Hall–Kier alpha value is 0.392. The van der Waals surface area contributed by atoms with Crippen LogP contribution in [0.2, 0.25) is 0 Å². The predicted molar refractivity (Wildman–Crippen MR) is 21.5 cm³/mol. The molecular formula is C2H5O2Pb. The van der Waals surface area contributed by atoms with Crippen LogP contribution in [-0.4, -0.2) is 38.4 Å². The Balaban J connectivity index is 0. The second kappa shape index (κ2) is 4.39. The predicted octanol–water partition coefficient (Wildman–Crippen LogP) is -1.01. The molecule has 0 aliphatic rings. The van der Waals surface area contributed by atoms with Gasteiger partial charge in [-0.3, -0.25) is 4.79 Å². The second-order valence-corrected chi connectivity index (χ2v) is 0.394. The average Bonchev–Trinajstić information content (AvgIpc) is 0.811. The van der Waals surface area contributed by atoms with Crippen LogP contribution in [-0.2, 0) is 4.79 Å². The van der Waals surface area contributed by atoms with E-state index < -0.39 is 5.97 Å². The zero-order chi connectivity index (χ0) is 3.58. The summed E-state index contributed by atoms with van der Waals surface area (Å²) in [4.78, 5) is 8.89. The zero-order valence-corrected chi connectivity index (χ0v) is 8.27. The van der Waals surface area contributed by atoms with Crippen molar-refractivity contribution in [3.05, 3.63) is 6.92 Å². The molecule has 0 fully saturated rings. The van der Waals surface area contributed by atoms with E-state index in [2.05, 4.69) is 6.92 Å². The van der Waals surface area contributed by atoms with E-state index in [0.29, 0.717) is 0 Å². The van der Waals surface area contributed by atoms with Gasteiger partial charge < -0.3 is 5.11 Å². The molecule has 0 amide bonds. The molecule has 0 bridgehead atoms. The maximum absolute atomic E-state index is 8.89. The molecule has 0 heterocycles. The third-order valence-electron chi connectivity index (χ3n) is 0. The van der Waals surface area contributed by atoms with Gasteiger partial charge in [-0.15, -0.1) is 0 Å². The maximum atomic E-state index is 8.89. The summed E-state index contributed by atoms with van der Waals surface area (Å²) in [6, 6.07) is 0. The fraction of sp³-hybridized carbons (Fsp3) is 0. The van der Waals surface area contributed by atoms with Crippen molar-refractivity contribution in [3.63, 3.8) is 0 Å². The van der Waals surface area contributed by atoms with Gasteiger partial charge in [-0.2, -0.15) is 0 Å². The van der Waals surface area contributed by atoms with E-state index in [1.807, 2.05) is 0 Å². The quantitative estimate of drug-likeness (QED) is 0.572. The molecule has 3 heteroatoms. The monoisotopic (exact) mass is 269 g/mol. The van der Waals surface area contributed by atoms with Gasteiger partial charge in [-0.25, -0.2) is 0 Å². The molecule has 0 saturated heterocycles. The van der Waals surface area contributed by atoms with Crippen molar-refractivity contribution >= 4 is 33.3 Å². The van der Waals surface area contributed by atoms with E-state index >= 15 is 0 Å². The Morgan fingerprint density at radius 3 is 1.80 bits per heavy atom. The van der Waals surface area contributed by atoms with Crippen LogP contribution in [0.4, 0.5) is 0 Å². The zero-order valence-electron chi connectivity index (χ0n) is 2.77. The number of hydrogen-bond donors (Lipinski definition) is 1. The van der Waals surface area contributed by atoms with Gasteiger partial charge in [0.15, 0.2) is 0 Å². The van der Waals surface area contributed by atoms with Crippen LogP contribution in [0, 0.1) is 6.92 Å². The number of aliphatic carboxylic acids is 1. The summed E-state index contributed by atoms with van der Waals surface area (Å²) >= 11 is 0. The molecule has 0 saturated carbocycles. The van der Waals surface area contributed by atoms with E-state index in [0.717, 1.165) is 0 Å². The molecule has 0 rings (SSSR count). The molecule has 0 spiro atoms. The summed E-state index contributed by atoms with van der Waals surface area (Å²) in [5.74, 6) is -1.08. The van der Waals surface area contributed by atoms with Gasteiger partial charge in [0, 0.05) is 0 Å². The standard InChI is InChI=1S/C2H3O2.Pb.2H/c1-2(3)4;;;/h1H2,(H,3,4);;;. The van der Waals surface area contributed by atoms with Crippen molar-refractivity contribution < 1.29 is 9.90 Å². The molecular weight excluding hydrogens is 263 g/mol. The fourth-order valence-electron chi connectivity index (χ4n) is 0. The summed E-state index contributed by atoms with van der Waals surface area (Å²) in [5, 5.41) is 7.31. The van der Waals surface area contributed by atoms with E-state index in [9.17, 15) is 0 Å². The number of carbonyl (C=O) groups is 1. The third kappa shape index (κ3) is 163. The molecule has 0 aliphatic heterocycles. The van der Waals surface area contributed by atoms with Crippen LogP contribution in [0.5, 0.6) is 0 Å². The molecule has 0 aromatic carbocycles. The Morgan fingerprint density at radius 2 is 1.80 bits per heavy atom. The Morgan fingerprint density at radius 1 is 1.80 bits per heavy atom. The number of carboxylic acids is 1. The third-order valence-corrected chi connectivity index (χ3v) is 0. The molecule has 0 aromatic rings. The van der Waals surface area contributed by atoms with E-state index in [1.54, 1.807) is 0 Å². The van der Waals surface area contributed by atoms with Gasteiger partial charge in [-0.1, -0.05) is 0 Å². The van der Waals surface area contributed by atoms with Crippen molar-refractivity contribution in [1.29, 1.82) is 0 Å². The molecule has 0 unspecified atom stereocenters. The van der Waals surface area contributed by atoms with Crippen molar-refractivity contribution in [1.82, 2.24) is 0 Å². The molecule has 0 aromatic heterocycles. The summed E-state index contributed by atoms with van der Waals surface area (Å²) in [7, 11) is 0. The second-order valence-electron chi connectivity index (χ2n) is 0.394. The van der Waals surface area contributed by atoms with Crippen LogP contribution in [0.3, 0.4) is 0 Å². The average molecular weight is 268 g/mol. The number of carboxylic acid groups (broad SMARTS) is 1. The van der Waals surface area contributed by atoms with Crippen molar-refractivity contribution in [2.24, 2.45) is 0 Å². The van der Waals surface area contributed by atoms with Gasteiger partial charge >= 0.3 is 33.3 Å². The van der Waals surface area contributed by atoms with Gasteiger partial charge in [0.2, 0.25) is 0 Å². The molecule has 29 valence electrons. The summed E-state index contributed by atoms with van der Waals surface area (Å²) < 4.78 is 0. The molecule has 5 heavy (non-hydrogen) atoms. The van der Waals surface area contributed by atoms with Crippen molar-refractivity contribution in [3.8, 4) is 0 Å². The van der Waals surface area contributed by atoms with Crippen molar-refractivity contribution in [2.75, 3.05) is 0 Å². The first-order chi connectivity index (χ1) is 1.73. The molecule has 0 atom stereocenters. The molecule has 1 N–H and O–H groups in total. The first-order valence-electron chi connectivity index (χ1n) is 0.781. The first kappa shape index (κ1) is 9.04. The number of rotatable bonds is 0. The van der Waals surface area contributed by atoms with Crippen LogP contribution in [0.15, 0.2) is 0 Å².